The molecule has 6 heteroatoms. The number of aromatic hydroxyl groups is 1. The number of hydrogen-bond donors (Lipinski definition) is 1. The molecule has 126 valence electrons. The summed E-state index contributed by atoms with van der Waals surface area (Å²) in [5.74, 6) is 1.48. The lowest BCUT2D eigenvalue weighted by molar-refractivity contribution is 0.0712. The fraction of sp³-hybridized carbons (Fsp3) is 0.278. The monoisotopic (exact) mass is 329 g/mol. The summed E-state index contributed by atoms with van der Waals surface area (Å²) in [6.45, 7) is 1.24. The van der Waals surface area contributed by atoms with E-state index >= 15 is 0 Å². The Balaban J connectivity index is 1.84. The number of amides is 1. The van der Waals surface area contributed by atoms with Gasteiger partial charge in [0.2, 0.25) is 0 Å². The van der Waals surface area contributed by atoms with Crippen LogP contribution in [-0.2, 0) is 11.3 Å². The molecule has 0 bridgehead atoms. The Hall–Kier alpha value is -2.89. The minimum Gasteiger partial charge on any atom is -0.507 e. The van der Waals surface area contributed by atoms with E-state index in [0.29, 0.717) is 24.7 Å². The molecule has 0 fully saturated rings. The van der Waals surface area contributed by atoms with Crippen LogP contribution in [0.1, 0.15) is 22.5 Å². The molecule has 3 rings (SSSR count). The third-order valence-corrected chi connectivity index (χ3v) is 3.77. The molecule has 0 saturated heterocycles. The number of carbonyl (C=O) groups is 1. The smallest absolute Gasteiger partial charge is 0.258 e. The lowest BCUT2D eigenvalue weighted by Gasteiger charge is -2.22. The highest BCUT2D eigenvalue weighted by molar-refractivity contribution is 5.97. The first-order chi connectivity index (χ1) is 11.7. The lowest BCUT2D eigenvalue weighted by atomic mass is 10.1. The van der Waals surface area contributed by atoms with Gasteiger partial charge < -0.3 is 23.9 Å². The first kappa shape index (κ1) is 16.0. The van der Waals surface area contributed by atoms with Gasteiger partial charge in [-0.3, -0.25) is 4.79 Å². The van der Waals surface area contributed by atoms with Gasteiger partial charge in [0.15, 0.2) is 0 Å². The molecule has 1 amide bonds. The molecule has 1 aliphatic rings. The Labute approximate surface area is 139 Å². The average Bonchev–Trinajstić information content (AvgIpc) is 3.27. The molecule has 0 atom stereocenters. The fourth-order valence-corrected chi connectivity index (χ4v) is 2.55. The number of hydrogen-bond acceptors (Lipinski definition) is 5. The Bertz CT molecular complexity index is 736. The van der Waals surface area contributed by atoms with Crippen molar-refractivity contribution in [1.82, 2.24) is 4.90 Å². The van der Waals surface area contributed by atoms with Crippen LogP contribution in [0.4, 0.5) is 0 Å². The van der Waals surface area contributed by atoms with E-state index < -0.39 is 0 Å². The van der Waals surface area contributed by atoms with Gasteiger partial charge in [-0.25, -0.2) is 0 Å². The zero-order valence-corrected chi connectivity index (χ0v) is 13.4. The van der Waals surface area contributed by atoms with Crippen LogP contribution >= 0.6 is 0 Å². The maximum atomic E-state index is 12.9. The van der Waals surface area contributed by atoms with E-state index in [2.05, 4.69) is 0 Å². The molecule has 0 unspecified atom stereocenters. The van der Waals surface area contributed by atoms with Crippen LogP contribution in [0.25, 0.3) is 0 Å². The Morgan fingerprint density at radius 2 is 2.21 bits per heavy atom. The summed E-state index contributed by atoms with van der Waals surface area (Å²) < 4.78 is 15.9. The summed E-state index contributed by atoms with van der Waals surface area (Å²) in [5, 5.41) is 10.1. The zero-order chi connectivity index (χ0) is 16.9. The van der Waals surface area contributed by atoms with Crippen molar-refractivity contribution in [2.45, 2.75) is 13.0 Å². The van der Waals surface area contributed by atoms with Crippen molar-refractivity contribution in [2.75, 3.05) is 20.3 Å². The van der Waals surface area contributed by atoms with E-state index in [9.17, 15) is 9.90 Å². The molecular formula is C18H19NO5. The molecule has 1 aromatic heterocycles. The molecule has 1 aliphatic heterocycles. The van der Waals surface area contributed by atoms with Crippen molar-refractivity contribution >= 4 is 5.91 Å². The normalized spacial score (nSPS) is 13.3. The van der Waals surface area contributed by atoms with E-state index in [0.717, 1.165) is 12.2 Å². The van der Waals surface area contributed by atoms with Crippen LogP contribution in [0.2, 0.25) is 0 Å². The highest BCUT2D eigenvalue weighted by atomic mass is 16.5. The number of nitrogens with zero attached hydrogens (tertiary/aromatic N) is 1. The molecule has 2 aromatic rings. The highest BCUT2D eigenvalue weighted by Gasteiger charge is 2.23. The maximum Gasteiger partial charge on any atom is 0.258 e. The van der Waals surface area contributed by atoms with E-state index in [1.165, 1.54) is 13.2 Å². The molecule has 6 nitrogen and oxygen atoms in total. The third-order valence-electron chi connectivity index (χ3n) is 3.77. The highest BCUT2D eigenvalue weighted by Crippen LogP contribution is 2.26. The summed E-state index contributed by atoms with van der Waals surface area (Å²) in [5.41, 5.74) is 0.209. The molecule has 0 aliphatic carbocycles. The van der Waals surface area contributed by atoms with Crippen LogP contribution in [0, 0.1) is 0 Å². The first-order valence-electron chi connectivity index (χ1n) is 7.68. The molecule has 1 N–H and O–H groups in total. The first-order valence-corrected chi connectivity index (χ1v) is 7.68. The number of phenols is 1. The van der Waals surface area contributed by atoms with E-state index in [1.54, 1.807) is 35.4 Å². The van der Waals surface area contributed by atoms with Gasteiger partial charge in [-0.05, 0) is 30.3 Å². The average molecular weight is 329 g/mol. The number of phenolic OH excluding ortho intramolecular Hbond substituents is 1. The Morgan fingerprint density at radius 1 is 1.33 bits per heavy atom. The van der Waals surface area contributed by atoms with Gasteiger partial charge in [-0.15, -0.1) is 0 Å². The number of carbonyl (C=O) groups excluding carboxylic acids is 1. The van der Waals surface area contributed by atoms with Gasteiger partial charge in [0.1, 0.15) is 23.0 Å². The van der Waals surface area contributed by atoms with E-state index in [-0.39, 0.29) is 23.8 Å². The van der Waals surface area contributed by atoms with Crippen molar-refractivity contribution in [1.29, 1.82) is 0 Å². The summed E-state index contributed by atoms with van der Waals surface area (Å²) in [6, 6.07) is 8.19. The van der Waals surface area contributed by atoms with Crippen LogP contribution in [0.5, 0.6) is 11.5 Å². The van der Waals surface area contributed by atoms with Crippen molar-refractivity contribution < 1.29 is 23.8 Å². The second-order valence-corrected chi connectivity index (χ2v) is 5.43. The SMILES string of the molecule is COc1ccc(C(=O)N(CC2=CCCO2)Cc2ccco2)c(O)c1. The van der Waals surface area contributed by atoms with Crippen LogP contribution in [0.3, 0.4) is 0 Å². The largest absolute Gasteiger partial charge is 0.507 e. The zero-order valence-electron chi connectivity index (χ0n) is 13.4. The van der Waals surface area contributed by atoms with Gasteiger partial charge in [-0.2, -0.15) is 0 Å². The summed E-state index contributed by atoms with van der Waals surface area (Å²) >= 11 is 0. The van der Waals surface area contributed by atoms with Crippen molar-refractivity contribution in [3.8, 4) is 11.5 Å². The van der Waals surface area contributed by atoms with Crippen molar-refractivity contribution in [3.63, 3.8) is 0 Å². The number of rotatable bonds is 6. The van der Waals surface area contributed by atoms with E-state index in [1.807, 2.05) is 6.08 Å². The number of ether oxygens (including phenoxy) is 2. The standard InChI is InChI=1S/C18H19NO5/c1-22-13-6-7-16(17(20)10-13)18(21)19(11-14-4-2-8-23-14)12-15-5-3-9-24-15/h2,4-8,10,20H,3,9,11-12H2,1H3. The Kier molecular flexibility index (Phi) is 4.74. The van der Waals surface area contributed by atoms with Crippen LogP contribution < -0.4 is 4.74 Å². The van der Waals surface area contributed by atoms with Crippen molar-refractivity contribution in [2.24, 2.45) is 0 Å². The van der Waals surface area contributed by atoms with Gasteiger partial charge in [0.05, 0.1) is 38.6 Å². The minimum atomic E-state index is -0.303. The summed E-state index contributed by atoms with van der Waals surface area (Å²) in [4.78, 5) is 14.5. The van der Waals surface area contributed by atoms with Gasteiger partial charge in [0, 0.05) is 12.5 Å². The quantitative estimate of drug-likeness (QED) is 0.882. The second-order valence-electron chi connectivity index (χ2n) is 5.43. The third kappa shape index (κ3) is 3.53. The van der Waals surface area contributed by atoms with Crippen molar-refractivity contribution in [3.05, 3.63) is 59.8 Å². The van der Waals surface area contributed by atoms with E-state index in [4.69, 9.17) is 13.9 Å². The van der Waals surface area contributed by atoms with Gasteiger partial charge >= 0.3 is 0 Å². The summed E-state index contributed by atoms with van der Waals surface area (Å²) in [7, 11) is 1.50. The molecule has 1 aromatic carbocycles. The Morgan fingerprint density at radius 3 is 2.83 bits per heavy atom. The number of furan rings is 1. The minimum absolute atomic E-state index is 0.120. The lowest BCUT2D eigenvalue weighted by Crippen LogP contribution is -2.32. The van der Waals surface area contributed by atoms with Gasteiger partial charge in [-0.1, -0.05) is 0 Å². The predicted octanol–water partition coefficient (Wildman–Crippen LogP) is 2.94. The fourth-order valence-electron chi connectivity index (χ4n) is 2.55. The molecule has 24 heavy (non-hydrogen) atoms. The predicted molar refractivity (Wildman–Crippen MR) is 86.8 cm³/mol. The molecule has 0 radical (unpaired) electrons. The second kappa shape index (κ2) is 7.12. The maximum absolute atomic E-state index is 12.9. The molecule has 0 saturated carbocycles. The number of methoxy groups -OCH3 is 1. The molecule has 2 heterocycles. The van der Waals surface area contributed by atoms with Crippen LogP contribution in [-0.4, -0.2) is 36.2 Å². The molecular weight excluding hydrogens is 310 g/mol. The van der Waals surface area contributed by atoms with Gasteiger partial charge in [0.25, 0.3) is 5.91 Å². The molecule has 0 spiro atoms. The topological polar surface area (TPSA) is 72.1 Å². The van der Waals surface area contributed by atoms with Crippen LogP contribution in [0.15, 0.2) is 52.8 Å². The summed E-state index contributed by atoms with van der Waals surface area (Å²) in [6.07, 6.45) is 4.37. The number of benzene rings is 1.